The summed E-state index contributed by atoms with van der Waals surface area (Å²) in [5.41, 5.74) is 2.80. The van der Waals surface area contributed by atoms with E-state index in [-0.39, 0.29) is 18.4 Å². The zero-order valence-electron chi connectivity index (χ0n) is 13.0. The molecule has 2 aromatic carbocycles. The number of anilines is 2. The summed E-state index contributed by atoms with van der Waals surface area (Å²) in [6.07, 6.45) is 0. The molecule has 1 aliphatic rings. The van der Waals surface area contributed by atoms with Gasteiger partial charge in [0.25, 0.3) is 5.91 Å². The van der Waals surface area contributed by atoms with E-state index in [1.165, 1.54) is 0 Å². The van der Waals surface area contributed by atoms with Crippen LogP contribution in [-0.4, -0.2) is 16.9 Å². The van der Waals surface area contributed by atoms with Crippen molar-refractivity contribution in [2.75, 3.05) is 10.6 Å². The van der Waals surface area contributed by atoms with Crippen LogP contribution in [0.4, 0.5) is 11.4 Å². The maximum Gasteiger partial charge on any atom is 0.255 e. The average molecular weight is 310 g/mol. The molecule has 0 unspecified atom stereocenters. The van der Waals surface area contributed by atoms with Gasteiger partial charge in [-0.1, -0.05) is 18.2 Å². The van der Waals surface area contributed by atoms with Crippen molar-refractivity contribution in [1.82, 2.24) is 0 Å². The Morgan fingerprint density at radius 3 is 2.74 bits per heavy atom. The van der Waals surface area contributed by atoms with Gasteiger partial charge >= 0.3 is 0 Å². The molecule has 0 saturated heterocycles. The number of hydrogen-bond acceptors (Lipinski definition) is 3. The van der Waals surface area contributed by atoms with Gasteiger partial charge in [0.05, 0.1) is 12.0 Å². The molecule has 5 nitrogen and oxygen atoms in total. The molecule has 0 spiro atoms. The lowest BCUT2D eigenvalue weighted by Gasteiger charge is -2.15. The third kappa shape index (κ3) is 2.71. The van der Waals surface area contributed by atoms with Crippen molar-refractivity contribution in [3.8, 4) is 0 Å². The van der Waals surface area contributed by atoms with Gasteiger partial charge in [0.1, 0.15) is 0 Å². The van der Waals surface area contributed by atoms with Crippen molar-refractivity contribution in [2.24, 2.45) is 0 Å². The standard InChI is InChI=1S/C18H18N2O3/c1-18(2)14-7-6-12(9-15(14)20-17(18)23)16(22)19-13-5-3-4-11(8-13)10-21/h3-9,21H,10H2,1-2H3,(H,19,22)(H,20,23). The molecule has 1 aliphatic heterocycles. The number of fused-ring (bicyclic) bond motifs is 1. The molecule has 0 radical (unpaired) electrons. The quantitative estimate of drug-likeness (QED) is 0.815. The van der Waals surface area contributed by atoms with Crippen molar-refractivity contribution in [3.63, 3.8) is 0 Å². The van der Waals surface area contributed by atoms with Crippen molar-refractivity contribution in [1.29, 1.82) is 0 Å². The van der Waals surface area contributed by atoms with Crippen LogP contribution in [0, 0.1) is 0 Å². The van der Waals surface area contributed by atoms with Crippen LogP contribution < -0.4 is 10.6 Å². The number of aliphatic hydroxyl groups is 1. The van der Waals surface area contributed by atoms with E-state index in [1.807, 2.05) is 19.9 Å². The van der Waals surface area contributed by atoms with Gasteiger partial charge in [0.15, 0.2) is 0 Å². The zero-order valence-corrected chi connectivity index (χ0v) is 13.0. The normalized spacial score (nSPS) is 15.0. The molecule has 0 bridgehead atoms. The lowest BCUT2D eigenvalue weighted by molar-refractivity contribution is -0.119. The molecule has 5 heteroatoms. The summed E-state index contributed by atoms with van der Waals surface area (Å²) in [4.78, 5) is 24.3. The van der Waals surface area contributed by atoms with Gasteiger partial charge in [-0.3, -0.25) is 9.59 Å². The summed E-state index contributed by atoms with van der Waals surface area (Å²) in [5, 5.41) is 14.7. The Morgan fingerprint density at radius 2 is 2.00 bits per heavy atom. The first kappa shape index (κ1) is 15.2. The van der Waals surface area contributed by atoms with E-state index in [4.69, 9.17) is 5.11 Å². The number of rotatable bonds is 3. The van der Waals surface area contributed by atoms with Crippen LogP contribution in [0.15, 0.2) is 42.5 Å². The van der Waals surface area contributed by atoms with Gasteiger partial charge < -0.3 is 15.7 Å². The van der Waals surface area contributed by atoms with Gasteiger partial charge in [-0.2, -0.15) is 0 Å². The summed E-state index contributed by atoms with van der Waals surface area (Å²) in [6, 6.07) is 12.2. The summed E-state index contributed by atoms with van der Waals surface area (Å²) < 4.78 is 0. The predicted octanol–water partition coefficient (Wildman–Crippen LogP) is 2.66. The summed E-state index contributed by atoms with van der Waals surface area (Å²) in [6.45, 7) is 3.63. The summed E-state index contributed by atoms with van der Waals surface area (Å²) >= 11 is 0. The Hall–Kier alpha value is -2.66. The SMILES string of the molecule is CC1(C)C(=O)Nc2cc(C(=O)Nc3cccc(CO)c3)ccc21. The van der Waals surface area contributed by atoms with Gasteiger partial charge in [-0.05, 0) is 49.2 Å². The number of hydrogen-bond donors (Lipinski definition) is 3. The highest BCUT2D eigenvalue weighted by Gasteiger charge is 2.38. The predicted molar refractivity (Wildman–Crippen MR) is 88.4 cm³/mol. The van der Waals surface area contributed by atoms with Crippen molar-refractivity contribution < 1.29 is 14.7 Å². The number of aliphatic hydroxyl groups excluding tert-OH is 1. The maximum absolute atomic E-state index is 12.4. The fourth-order valence-corrected chi connectivity index (χ4v) is 2.69. The topological polar surface area (TPSA) is 78.4 Å². The third-order valence-electron chi connectivity index (χ3n) is 4.14. The minimum absolute atomic E-state index is 0.0688. The second-order valence-corrected chi connectivity index (χ2v) is 6.15. The molecule has 23 heavy (non-hydrogen) atoms. The smallest absolute Gasteiger partial charge is 0.255 e. The Bertz CT molecular complexity index is 797. The van der Waals surface area contributed by atoms with Crippen LogP contribution in [-0.2, 0) is 16.8 Å². The fourth-order valence-electron chi connectivity index (χ4n) is 2.69. The molecule has 0 aliphatic carbocycles. The highest BCUT2D eigenvalue weighted by Crippen LogP contribution is 2.37. The van der Waals surface area contributed by atoms with Gasteiger partial charge in [-0.15, -0.1) is 0 Å². The molecule has 0 fully saturated rings. The number of nitrogens with one attached hydrogen (secondary N) is 2. The lowest BCUT2D eigenvalue weighted by atomic mass is 9.86. The summed E-state index contributed by atoms with van der Waals surface area (Å²) in [5.74, 6) is -0.331. The maximum atomic E-state index is 12.4. The molecule has 2 amide bonds. The Balaban J connectivity index is 1.84. The van der Waals surface area contributed by atoms with E-state index in [2.05, 4.69) is 10.6 Å². The van der Waals surface area contributed by atoms with E-state index < -0.39 is 5.41 Å². The van der Waals surface area contributed by atoms with Gasteiger partial charge in [-0.25, -0.2) is 0 Å². The number of carbonyl (C=O) groups is 2. The van der Waals surface area contributed by atoms with E-state index >= 15 is 0 Å². The molecule has 0 saturated carbocycles. The lowest BCUT2D eigenvalue weighted by Crippen LogP contribution is -2.26. The van der Waals surface area contributed by atoms with Crippen LogP contribution in [0.3, 0.4) is 0 Å². The molecule has 3 rings (SSSR count). The number of carbonyl (C=O) groups excluding carboxylic acids is 2. The minimum Gasteiger partial charge on any atom is -0.392 e. The van der Waals surface area contributed by atoms with E-state index in [1.54, 1.807) is 36.4 Å². The van der Waals surface area contributed by atoms with Crippen molar-refractivity contribution in [3.05, 3.63) is 59.2 Å². The first-order valence-corrected chi connectivity index (χ1v) is 7.39. The fraction of sp³-hybridized carbons (Fsp3) is 0.222. The number of benzene rings is 2. The molecule has 3 N–H and O–H groups in total. The van der Waals surface area contributed by atoms with Gasteiger partial charge in [0, 0.05) is 16.9 Å². The number of amides is 2. The largest absolute Gasteiger partial charge is 0.392 e. The second kappa shape index (κ2) is 5.52. The van der Waals surface area contributed by atoms with Crippen LogP contribution in [0.5, 0.6) is 0 Å². The minimum atomic E-state index is -0.584. The summed E-state index contributed by atoms with van der Waals surface area (Å²) in [7, 11) is 0. The Morgan fingerprint density at radius 1 is 1.22 bits per heavy atom. The Kier molecular flexibility index (Phi) is 3.66. The molecule has 0 aromatic heterocycles. The van der Waals surface area contributed by atoms with E-state index in [0.717, 1.165) is 11.1 Å². The molecule has 1 heterocycles. The van der Waals surface area contributed by atoms with Crippen LogP contribution >= 0.6 is 0 Å². The van der Waals surface area contributed by atoms with Crippen LogP contribution in [0.2, 0.25) is 0 Å². The highest BCUT2D eigenvalue weighted by molar-refractivity contribution is 6.09. The van der Waals surface area contributed by atoms with Crippen LogP contribution in [0.1, 0.15) is 35.3 Å². The van der Waals surface area contributed by atoms with E-state index in [0.29, 0.717) is 16.9 Å². The molecule has 0 atom stereocenters. The average Bonchev–Trinajstić information content (AvgIpc) is 2.76. The molecular weight excluding hydrogens is 292 g/mol. The molecule has 2 aromatic rings. The van der Waals surface area contributed by atoms with E-state index in [9.17, 15) is 9.59 Å². The van der Waals surface area contributed by atoms with Gasteiger partial charge in [0.2, 0.25) is 5.91 Å². The first-order valence-electron chi connectivity index (χ1n) is 7.39. The van der Waals surface area contributed by atoms with Crippen LogP contribution in [0.25, 0.3) is 0 Å². The van der Waals surface area contributed by atoms with Crippen molar-refractivity contribution in [2.45, 2.75) is 25.9 Å². The van der Waals surface area contributed by atoms with Crippen molar-refractivity contribution >= 4 is 23.2 Å². The first-order chi connectivity index (χ1) is 10.9. The Labute approximate surface area is 134 Å². The third-order valence-corrected chi connectivity index (χ3v) is 4.14. The molecule has 118 valence electrons. The monoisotopic (exact) mass is 310 g/mol. The molecular formula is C18H18N2O3. The zero-order chi connectivity index (χ0) is 16.6. The highest BCUT2D eigenvalue weighted by atomic mass is 16.3. The second-order valence-electron chi connectivity index (χ2n) is 6.15.